The first-order valence-corrected chi connectivity index (χ1v) is 15.9. The van der Waals surface area contributed by atoms with E-state index in [-0.39, 0.29) is 22.8 Å². The molecule has 0 saturated carbocycles. The van der Waals surface area contributed by atoms with Gasteiger partial charge in [0.1, 0.15) is 6.04 Å². The summed E-state index contributed by atoms with van der Waals surface area (Å²) in [4.78, 5) is 41.3. The molecule has 40 heavy (non-hydrogen) atoms. The number of benzene rings is 3. The number of amides is 3. The van der Waals surface area contributed by atoms with Crippen LogP contribution >= 0.6 is 11.8 Å². The Morgan fingerprint density at radius 3 is 2.38 bits per heavy atom. The van der Waals surface area contributed by atoms with E-state index in [9.17, 15) is 27.9 Å². The molecule has 9 nitrogen and oxygen atoms in total. The van der Waals surface area contributed by atoms with Gasteiger partial charge in [0.05, 0.1) is 22.6 Å². The second-order valence-corrected chi connectivity index (χ2v) is 12.8. The summed E-state index contributed by atoms with van der Waals surface area (Å²) in [6.07, 6.45) is 2.20. The molecule has 3 amide bonds. The Labute approximate surface area is 237 Å². The number of rotatable bonds is 11. The molecule has 2 aliphatic heterocycles. The van der Waals surface area contributed by atoms with Crippen LogP contribution in [0.25, 0.3) is 10.8 Å². The summed E-state index contributed by atoms with van der Waals surface area (Å²) in [7, 11) is -4.04. The summed E-state index contributed by atoms with van der Waals surface area (Å²) in [5, 5.41) is 11.6. The Morgan fingerprint density at radius 1 is 1.00 bits per heavy atom. The lowest BCUT2D eigenvalue weighted by Crippen LogP contribution is -2.52. The molecule has 5 rings (SSSR count). The van der Waals surface area contributed by atoms with Crippen LogP contribution in [0.2, 0.25) is 0 Å². The Balaban J connectivity index is 1.13. The van der Waals surface area contributed by atoms with Crippen molar-refractivity contribution < 1.29 is 27.9 Å². The molecular formula is C29H31N3O6S2. The molecule has 210 valence electrons. The van der Waals surface area contributed by atoms with Crippen LogP contribution < -0.4 is 4.72 Å². The zero-order chi connectivity index (χ0) is 28.3. The Kier molecular flexibility index (Phi) is 8.55. The fraction of sp³-hybridized carbons (Fsp3) is 0.345. The van der Waals surface area contributed by atoms with Crippen molar-refractivity contribution in [1.29, 1.82) is 0 Å². The third-order valence-corrected chi connectivity index (χ3v) is 10.00. The quantitative estimate of drug-likeness (QED) is 0.264. The number of hydrogen-bond acceptors (Lipinski definition) is 7. The highest BCUT2D eigenvalue weighted by Crippen LogP contribution is 2.25. The lowest BCUT2D eigenvalue weighted by Gasteiger charge is -2.28. The van der Waals surface area contributed by atoms with Crippen LogP contribution in [0.5, 0.6) is 0 Å². The minimum atomic E-state index is -4.04. The van der Waals surface area contributed by atoms with E-state index in [0.717, 1.165) is 23.6 Å². The summed E-state index contributed by atoms with van der Waals surface area (Å²) >= 11 is 1.63. The van der Waals surface area contributed by atoms with Crippen molar-refractivity contribution >= 4 is 50.3 Å². The maximum Gasteiger partial charge on any atom is 0.261 e. The Bertz CT molecular complexity index is 1510. The molecular weight excluding hydrogens is 550 g/mol. The van der Waals surface area contributed by atoms with Crippen molar-refractivity contribution in [3.8, 4) is 0 Å². The monoisotopic (exact) mass is 581 g/mol. The zero-order valence-corrected chi connectivity index (χ0v) is 23.5. The highest BCUT2D eigenvalue weighted by atomic mass is 32.2. The number of hydrogen-bond donors (Lipinski definition) is 2. The third kappa shape index (κ3) is 5.78. The van der Waals surface area contributed by atoms with E-state index >= 15 is 0 Å². The SMILES string of the molecule is O=C1c2ccccc2C(=O)N1CCCSC[C@@H]1CCCN1C(=O)[C@H](CO)NS(=O)(=O)c1ccc2ccccc2c1. The molecule has 2 atom stereocenters. The van der Waals surface area contributed by atoms with Crippen LogP contribution in [-0.4, -0.2) is 84.3 Å². The first-order chi connectivity index (χ1) is 19.3. The van der Waals surface area contributed by atoms with E-state index in [1.807, 2.05) is 24.3 Å². The number of aliphatic hydroxyl groups excluding tert-OH is 1. The molecule has 0 unspecified atom stereocenters. The number of likely N-dealkylation sites (tertiary alicyclic amines) is 1. The average Bonchev–Trinajstić information content (AvgIpc) is 3.53. The summed E-state index contributed by atoms with van der Waals surface area (Å²) in [5.41, 5.74) is 0.880. The molecule has 2 N–H and O–H groups in total. The van der Waals surface area contributed by atoms with Gasteiger partial charge in [-0.05, 0) is 60.1 Å². The lowest BCUT2D eigenvalue weighted by molar-refractivity contribution is -0.134. The van der Waals surface area contributed by atoms with Crippen molar-refractivity contribution in [3.63, 3.8) is 0 Å². The average molecular weight is 582 g/mol. The highest BCUT2D eigenvalue weighted by Gasteiger charge is 2.36. The van der Waals surface area contributed by atoms with Gasteiger partial charge in [-0.3, -0.25) is 19.3 Å². The number of thioether (sulfide) groups is 1. The molecule has 0 aliphatic carbocycles. The topological polar surface area (TPSA) is 124 Å². The fourth-order valence-corrected chi connectivity index (χ4v) is 7.58. The first kappa shape index (κ1) is 28.3. The molecule has 2 heterocycles. The molecule has 0 bridgehead atoms. The van der Waals surface area contributed by atoms with Crippen molar-refractivity contribution in [2.24, 2.45) is 0 Å². The molecule has 3 aromatic carbocycles. The van der Waals surface area contributed by atoms with Crippen molar-refractivity contribution in [3.05, 3.63) is 77.9 Å². The van der Waals surface area contributed by atoms with Gasteiger partial charge in [0.2, 0.25) is 15.9 Å². The maximum absolute atomic E-state index is 13.3. The number of sulfonamides is 1. The molecule has 3 aromatic rings. The van der Waals surface area contributed by atoms with Crippen LogP contribution in [0.15, 0.2) is 71.6 Å². The molecule has 0 radical (unpaired) electrons. The molecule has 1 saturated heterocycles. The third-order valence-electron chi connectivity index (χ3n) is 7.33. The normalized spacial score (nSPS) is 18.0. The largest absolute Gasteiger partial charge is 0.394 e. The number of imide groups is 1. The molecule has 2 aliphatic rings. The highest BCUT2D eigenvalue weighted by molar-refractivity contribution is 7.99. The van der Waals surface area contributed by atoms with E-state index in [1.165, 1.54) is 11.0 Å². The van der Waals surface area contributed by atoms with E-state index in [1.54, 1.807) is 53.1 Å². The predicted octanol–water partition coefficient (Wildman–Crippen LogP) is 2.89. The van der Waals surface area contributed by atoms with Gasteiger partial charge in [-0.1, -0.05) is 42.5 Å². The maximum atomic E-state index is 13.3. The second-order valence-electron chi connectivity index (χ2n) is 9.93. The molecule has 0 spiro atoms. The van der Waals surface area contributed by atoms with Crippen LogP contribution in [0, 0.1) is 0 Å². The van der Waals surface area contributed by atoms with E-state index < -0.39 is 28.6 Å². The summed E-state index contributed by atoms with van der Waals surface area (Å²) in [5.74, 6) is 0.368. The van der Waals surface area contributed by atoms with Crippen LogP contribution in [0.3, 0.4) is 0 Å². The van der Waals surface area contributed by atoms with Gasteiger partial charge in [0.25, 0.3) is 11.8 Å². The van der Waals surface area contributed by atoms with Gasteiger partial charge < -0.3 is 10.0 Å². The fourth-order valence-electron chi connectivity index (χ4n) is 5.24. The van der Waals surface area contributed by atoms with Gasteiger partial charge >= 0.3 is 0 Å². The Morgan fingerprint density at radius 2 is 1.68 bits per heavy atom. The van der Waals surface area contributed by atoms with Crippen molar-refractivity contribution in [1.82, 2.24) is 14.5 Å². The number of nitrogens with one attached hydrogen (secondary N) is 1. The first-order valence-electron chi connectivity index (χ1n) is 13.3. The predicted molar refractivity (Wildman–Crippen MR) is 154 cm³/mol. The van der Waals surface area contributed by atoms with Crippen molar-refractivity contribution in [2.75, 3.05) is 31.2 Å². The van der Waals surface area contributed by atoms with Crippen LogP contribution in [0.4, 0.5) is 0 Å². The second kappa shape index (κ2) is 12.1. The van der Waals surface area contributed by atoms with Gasteiger partial charge in [0.15, 0.2) is 0 Å². The minimum Gasteiger partial charge on any atom is -0.394 e. The molecule has 11 heteroatoms. The summed E-state index contributed by atoms with van der Waals surface area (Å²) in [6, 6.07) is 17.6. The van der Waals surface area contributed by atoms with Gasteiger partial charge in [0, 0.05) is 24.9 Å². The van der Waals surface area contributed by atoms with Gasteiger partial charge in [-0.15, -0.1) is 0 Å². The molecule has 1 fully saturated rings. The molecule has 0 aromatic heterocycles. The van der Waals surface area contributed by atoms with Gasteiger partial charge in [-0.2, -0.15) is 16.5 Å². The number of fused-ring (bicyclic) bond motifs is 2. The Hall–Kier alpha value is -3.25. The number of aliphatic hydroxyl groups is 1. The number of carbonyl (C=O) groups is 3. The minimum absolute atomic E-state index is 0.0315. The standard InChI is InChI=1S/C29H31N3O6S2/c33-18-26(30-40(37,38)23-13-12-20-7-1-2-8-21(20)17-23)29(36)31-14-5-9-22(31)19-39-16-6-15-32-27(34)24-10-3-4-11-25(24)28(32)35/h1-4,7-8,10-13,17,22,26,30,33H,5-6,9,14-16,18-19H2/t22-,26-/m0/s1. The summed E-state index contributed by atoms with van der Waals surface area (Å²) < 4.78 is 28.5. The van der Waals surface area contributed by atoms with E-state index in [4.69, 9.17) is 0 Å². The van der Waals surface area contributed by atoms with E-state index in [2.05, 4.69) is 4.72 Å². The lowest BCUT2D eigenvalue weighted by atomic mass is 10.1. The smallest absolute Gasteiger partial charge is 0.261 e. The van der Waals surface area contributed by atoms with Gasteiger partial charge in [-0.25, -0.2) is 8.42 Å². The van der Waals surface area contributed by atoms with Crippen LogP contribution in [-0.2, 0) is 14.8 Å². The zero-order valence-electron chi connectivity index (χ0n) is 21.9. The number of carbonyl (C=O) groups excluding carboxylic acids is 3. The summed E-state index contributed by atoms with van der Waals surface area (Å²) in [6.45, 7) is 0.172. The van der Waals surface area contributed by atoms with Crippen molar-refractivity contribution in [2.45, 2.75) is 36.2 Å². The van der Waals surface area contributed by atoms with Crippen LogP contribution in [0.1, 0.15) is 40.0 Å². The number of nitrogens with zero attached hydrogens (tertiary/aromatic N) is 2. The van der Waals surface area contributed by atoms with E-state index in [0.29, 0.717) is 42.1 Å².